The van der Waals surface area contributed by atoms with Crippen LogP contribution in [0.3, 0.4) is 0 Å². The molecule has 0 aliphatic rings. The molecule has 0 aliphatic heterocycles. The van der Waals surface area contributed by atoms with E-state index in [-0.39, 0.29) is 7.92 Å². The average Bonchev–Trinajstić information content (AvgIpc) is 2.56. The van der Waals surface area contributed by atoms with E-state index in [9.17, 15) is 4.79 Å². The minimum Gasteiger partial charge on any atom is -0.478 e. The number of carboxylic acid groups (broad SMARTS) is 1. The third-order valence-corrected chi connectivity index (χ3v) is 6.12. The molecule has 0 radical (unpaired) electrons. The molecule has 2 nitrogen and oxygen atoms in total. The summed E-state index contributed by atoms with van der Waals surface area (Å²) in [6.07, 6.45) is 4.72. The third-order valence-electron chi connectivity index (χ3n) is 3.51. The van der Waals surface area contributed by atoms with Gasteiger partial charge in [0, 0.05) is 5.57 Å². The van der Waals surface area contributed by atoms with Crippen LogP contribution in [0.1, 0.15) is 19.8 Å². The molecule has 114 valence electrons. The number of carbonyl (C=O) groups is 1. The van der Waals surface area contributed by atoms with Gasteiger partial charge in [-0.15, -0.1) is 0 Å². The van der Waals surface area contributed by atoms with E-state index in [0.717, 1.165) is 19.0 Å². The Morgan fingerprint density at radius 1 is 1.00 bits per heavy atom. The summed E-state index contributed by atoms with van der Waals surface area (Å²) < 4.78 is 0. The maximum Gasteiger partial charge on any atom is 0.330 e. The van der Waals surface area contributed by atoms with Crippen molar-refractivity contribution in [3.05, 3.63) is 72.3 Å². The van der Waals surface area contributed by atoms with E-state index in [0.29, 0.717) is 5.57 Å². The fraction of sp³-hybridized carbons (Fsp3) is 0.211. The number of hydrogen-bond acceptors (Lipinski definition) is 1. The second-order valence-electron chi connectivity index (χ2n) is 5.16. The summed E-state index contributed by atoms with van der Waals surface area (Å²) >= 11 is 0. The first-order valence-corrected chi connectivity index (χ1v) is 8.99. The molecule has 0 atom stereocenters. The molecule has 2 rings (SSSR count). The van der Waals surface area contributed by atoms with Gasteiger partial charge in [-0.05, 0) is 44.5 Å². The van der Waals surface area contributed by atoms with Crippen LogP contribution in [-0.2, 0) is 4.79 Å². The minimum absolute atomic E-state index is 0.374. The summed E-state index contributed by atoms with van der Waals surface area (Å²) in [6, 6.07) is 21.2. The van der Waals surface area contributed by atoms with Crippen LogP contribution in [0.2, 0.25) is 0 Å². The van der Waals surface area contributed by atoms with Gasteiger partial charge in [-0.2, -0.15) is 0 Å². The molecule has 2 aromatic carbocycles. The van der Waals surface area contributed by atoms with Crippen molar-refractivity contribution in [3.8, 4) is 0 Å². The van der Waals surface area contributed by atoms with E-state index < -0.39 is 5.97 Å². The van der Waals surface area contributed by atoms with Gasteiger partial charge in [0.2, 0.25) is 0 Å². The standard InChI is InChI=1S/C19H21O2P/c1-16(19(20)21)10-8-9-15-22(17-11-4-2-5-12-17)18-13-6-3-7-14-18/h2-7,10-14H,8-9,15H2,1H3,(H,20,21). The molecule has 1 N–H and O–H groups in total. The first kappa shape index (κ1) is 16.5. The van der Waals surface area contributed by atoms with Gasteiger partial charge in [-0.1, -0.05) is 66.7 Å². The summed E-state index contributed by atoms with van der Waals surface area (Å²) in [6.45, 7) is 1.65. The van der Waals surface area contributed by atoms with Gasteiger partial charge >= 0.3 is 5.97 Å². The van der Waals surface area contributed by atoms with Gasteiger partial charge in [-0.3, -0.25) is 0 Å². The topological polar surface area (TPSA) is 37.3 Å². The van der Waals surface area contributed by atoms with E-state index in [1.807, 2.05) is 18.2 Å². The quantitative estimate of drug-likeness (QED) is 0.478. The Hall–Kier alpha value is -1.92. The second kappa shape index (κ2) is 8.51. The monoisotopic (exact) mass is 312 g/mol. The molecule has 0 amide bonds. The fourth-order valence-corrected chi connectivity index (χ4v) is 4.66. The fourth-order valence-electron chi connectivity index (χ4n) is 2.28. The van der Waals surface area contributed by atoms with Crippen LogP contribution in [0.5, 0.6) is 0 Å². The molecular weight excluding hydrogens is 291 g/mol. The Bertz CT molecular complexity index is 581. The zero-order valence-corrected chi connectivity index (χ0v) is 13.7. The Kier molecular flexibility index (Phi) is 6.36. The smallest absolute Gasteiger partial charge is 0.330 e. The maximum atomic E-state index is 10.8. The van der Waals surface area contributed by atoms with Crippen molar-refractivity contribution in [2.45, 2.75) is 19.8 Å². The van der Waals surface area contributed by atoms with E-state index in [2.05, 4.69) is 48.5 Å². The van der Waals surface area contributed by atoms with Crippen molar-refractivity contribution in [2.75, 3.05) is 6.16 Å². The van der Waals surface area contributed by atoms with Crippen molar-refractivity contribution >= 4 is 24.5 Å². The van der Waals surface area contributed by atoms with E-state index in [4.69, 9.17) is 5.11 Å². The maximum absolute atomic E-state index is 10.8. The van der Waals surface area contributed by atoms with Gasteiger partial charge in [0.15, 0.2) is 0 Å². The number of unbranched alkanes of at least 4 members (excludes halogenated alkanes) is 1. The first-order chi connectivity index (χ1) is 10.7. The van der Waals surface area contributed by atoms with Crippen LogP contribution in [0.15, 0.2) is 72.3 Å². The molecule has 0 unspecified atom stereocenters. The zero-order chi connectivity index (χ0) is 15.8. The number of aliphatic carboxylic acids is 1. The van der Waals surface area contributed by atoms with Crippen LogP contribution in [0.4, 0.5) is 0 Å². The lowest BCUT2D eigenvalue weighted by Crippen LogP contribution is -2.13. The Labute approximate surface area is 133 Å². The molecule has 0 aliphatic carbocycles. The predicted octanol–water partition coefficient (Wildman–Crippen LogP) is 3.93. The SMILES string of the molecule is CC(=CCCCP(c1ccccc1)c1ccccc1)C(=O)O. The first-order valence-electron chi connectivity index (χ1n) is 7.46. The zero-order valence-electron chi connectivity index (χ0n) is 12.8. The van der Waals surface area contributed by atoms with Crippen molar-refractivity contribution < 1.29 is 9.90 Å². The van der Waals surface area contributed by atoms with Gasteiger partial charge < -0.3 is 5.11 Å². The van der Waals surface area contributed by atoms with E-state index in [1.54, 1.807) is 6.92 Å². The number of rotatable bonds is 7. The van der Waals surface area contributed by atoms with Gasteiger partial charge in [0.25, 0.3) is 0 Å². The molecule has 2 aromatic rings. The van der Waals surface area contributed by atoms with E-state index in [1.165, 1.54) is 10.6 Å². The van der Waals surface area contributed by atoms with Crippen molar-refractivity contribution in [2.24, 2.45) is 0 Å². The summed E-state index contributed by atoms with van der Waals surface area (Å²) in [5.74, 6) is -0.826. The minimum atomic E-state index is -0.826. The summed E-state index contributed by atoms with van der Waals surface area (Å²) in [5, 5.41) is 11.6. The highest BCUT2D eigenvalue weighted by Crippen LogP contribution is 2.34. The third kappa shape index (κ3) is 4.82. The molecular formula is C19H21O2P. The largest absolute Gasteiger partial charge is 0.478 e. The Morgan fingerprint density at radius 3 is 1.95 bits per heavy atom. The van der Waals surface area contributed by atoms with Gasteiger partial charge in [-0.25, -0.2) is 4.79 Å². The summed E-state index contributed by atoms with van der Waals surface area (Å²) in [7, 11) is -0.374. The highest BCUT2D eigenvalue weighted by Gasteiger charge is 2.12. The van der Waals surface area contributed by atoms with Crippen LogP contribution >= 0.6 is 7.92 Å². The van der Waals surface area contributed by atoms with E-state index >= 15 is 0 Å². The number of allylic oxidation sites excluding steroid dienone is 1. The lowest BCUT2D eigenvalue weighted by Gasteiger charge is -2.18. The average molecular weight is 312 g/mol. The van der Waals surface area contributed by atoms with Gasteiger partial charge in [0.05, 0.1) is 0 Å². The molecule has 0 fully saturated rings. The molecule has 0 saturated carbocycles. The van der Waals surface area contributed by atoms with Crippen molar-refractivity contribution in [3.63, 3.8) is 0 Å². The number of benzene rings is 2. The molecule has 0 heterocycles. The number of carboxylic acids is 1. The molecule has 3 heteroatoms. The predicted molar refractivity (Wildman–Crippen MR) is 94.6 cm³/mol. The molecule has 0 saturated heterocycles. The summed E-state index contributed by atoms with van der Waals surface area (Å²) in [4.78, 5) is 10.8. The molecule has 0 aromatic heterocycles. The van der Waals surface area contributed by atoms with Crippen molar-refractivity contribution in [1.29, 1.82) is 0 Å². The van der Waals surface area contributed by atoms with Crippen LogP contribution in [0, 0.1) is 0 Å². The van der Waals surface area contributed by atoms with Crippen LogP contribution in [-0.4, -0.2) is 17.2 Å². The Balaban J connectivity index is 2.07. The highest BCUT2D eigenvalue weighted by molar-refractivity contribution is 7.73. The van der Waals surface area contributed by atoms with Crippen LogP contribution in [0.25, 0.3) is 0 Å². The lowest BCUT2D eigenvalue weighted by atomic mass is 10.2. The summed E-state index contributed by atoms with van der Waals surface area (Å²) in [5.41, 5.74) is 0.434. The lowest BCUT2D eigenvalue weighted by molar-refractivity contribution is -0.132. The number of hydrogen-bond donors (Lipinski definition) is 1. The van der Waals surface area contributed by atoms with Crippen LogP contribution < -0.4 is 10.6 Å². The van der Waals surface area contributed by atoms with Crippen molar-refractivity contribution in [1.82, 2.24) is 0 Å². The molecule has 22 heavy (non-hydrogen) atoms. The normalized spacial score (nSPS) is 11.6. The highest BCUT2D eigenvalue weighted by atomic mass is 31.1. The molecule has 0 spiro atoms. The second-order valence-corrected chi connectivity index (χ2v) is 7.49. The Morgan fingerprint density at radius 2 is 1.50 bits per heavy atom. The molecule has 0 bridgehead atoms. The van der Waals surface area contributed by atoms with Gasteiger partial charge in [0.1, 0.15) is 0 Å².